The lowest BCUT2D eigenvalue weighted by Crippen LogP contribution is -2.40. The van der Waals surface area contributed by atoms with Crippen LogP contribution in [-0.4, -0.2) is 44.4 Å². The maximum Gasteiger partial charge on any atom is 0.267 e. The first-order chi connectivity index (χ1) is 7.44. The molecule has 0 amide bonds. The predicted octanol–water partition coefficient (Wildman–Crippen LogP) is 1.16. The lowest BCUT2D eigenvalue weighted by molar-refractivity contribution is -0.00827. The lowest BCUT2D eigenvalue weighted by atomic mass is 10.2. The minimum absolute atomic E-state index is 0.521. The van der Waals surface area contributed by atoms with Crippen molar-refractivity contribution in [3.05, 3.63) is 12.4 Å². The molecule has 0 N–H and O–H groups in total. The van der Waals surface area contributed by atoms with E-state index in [-0.39, 0.29) is 0 Å². The van der Waals surface area contributed by atoms with Crippen LogP contribution in [0.25, 0.3) is 0 Å². The van der Waals surface area contributed by atoms with Crippen molar-refractivity contribution < 1.29 is 12.6 Å². The Labute approximate surface area is 97.8 Å². The van der Waals surface area contributed by atoms with Crippen LogP contribution in [0.15, 0.2) is 12.4 Å². The van der Waals surface area contributed by atoms with Gasteiger partial charge in [-0.3, -0.25) is 0 Å². The molecule has 1 heterocycles. The summed E-state index contributed by atoms with van der Waals surface area (Å²) in [6.07, 6.45) is 7.56. The van der Waals surface area contributed by atoms with Crippen molar-refractivity contribution in [2.45, 2.75) is 32.5 Å². The molecule has 1 aliphatic heterocycles. The van der Waals surface area contributed by atoms with Crippen LogP contribution in [0.2, 0.25) is 0 Å². The monoisotopic (exact) mass is 248 g/mol. The average molecular weight is 248 g/mol. The largest absolute Gasteiger partial charge is 0.336 e. The van der Waals surface area contributed by atoms with E-state index >= 15 is 0 Å². The first-order valence-corrected chi connectivity index (χ1v) is 7.30. The molecule has 0 aromatic carbocycles. The molecule has 5 nitrogen and oxygen atoms in total. The standard InChI is InChI=1S/C10H20N2O3S/c1-4-5-6-7-12-9-8-11(2)10(12)15-16(3,13)14/h8-10H,4-7H2,1-3H3. The number of nitrogens with zero attached hydrogens (tertiary/aromatic N) is 2. The summed E-state index contributed by atoms with van der Waals surface area (Å²) in [5.41, 5.74) is 0. The van der Waals surface area contributed by atoms with Crippen molar-refractivity contribution in [2.75, 3.05) is 19.8 Å². The van der Waals surface area contributed by atoms with Crippen molar-refractivity contribution in [3.8, 4) is 0 Å². The molecule has 0 aromatic rings. The van der Waals surface area contributed by atoms with Gasteiger partial charge in [0.1, 0.15) is 0 Å². The van der Waals surface area contributed by atoms with Crippen LogP contribution >= 0.6 is 0 Å². The molecular weight excluding hydrogens is 228 g/mol. The van der Waals surface area contributed by atoms with Crippen LogP contribution < -0.4 is 0 Å². The molecule has 0 aliphatic carbocycles. The fourth-order valence-electron chi connectivity index (χ4n) is 1.58. The van der Waals surface area contributed by atoms with Gasteiger partial charge in [0.15, 0.2) is 0 Å². The second-order valence-corrected chi connectivity index (χ2v) is 5.64. The highest BCUT2D eigenvalue weighted by molar-refractivity contribution is 7.86. The lowest BCUT2D eigenvalue weighted by Gasteiger charge is -2.28. The first kappa shape index (κ1) is 13.3. The smallest absolute Gasteiger partial charge is 0.267 e. The second kappa shape index (κ2) is 5.54. The van der Waals surface area contributed by atoms with Crippen LogP contribution in [-0.2, 0) is 14.3 Å². The van der Waals surface area contributed by atoms with E-state index in [1.54, 1.807) is 11.9 Å². The molecular formula is C10H20N2O3S. The molecule has 1 rings (SSSR count). The summed E-state index contributed by atoms with van der Waals surface area (Å²) in [5.74, 6) is 0. The molecule has 0 bridgehead atoms. The molecule has 0 radical (unpaired) electrons. The van der Waals surface area contributed by atoms with Crippen LogP contribution in [0.5, 0.6) is 0 Å². The van der Waals surface area contributed by atoms with E-state index in [0.717, 1.165) is 32.1 Å². The molecule has 0 saturated carbocycles. The maximum atomic E-state index is 11.1. The Morgan fingerprint density at radius 1 is 1.31 bits per heavy atom. The summed E-state index contributed by atoms with van der Waals surface area (Å²) in [5, 5.41) is 0. The summed E-state index contributed by atoms with van der Waals surface area (Å²) in [4.78, 5) is 3.64. The van der Waals surface area contributed by atoms with Gasteiger partial charge in [0.25, 0.3) is 10.1 Å². The number of rotatable bonds is 6. The van der Waals surface area contributed by atoms with Gasteiger partial charge in [0.05, 0.1) is 6.26 Å². The summed E-state index contributed by atoms with van der Waals surface area (Å²) in [6, 6.07) is 0. The van der Waals surface area contributed by atoms with Crippen molar-refractivity contribution >= 4 is 10.1 Å². The predicted molar refractivity (Wildman–Crippen MR) is 62.9 cm³/mol. The van der Waals surface area contributed by atoms with Crippen LogP contribution in [0.4, 0.5) is 0 Å². The highest BCUT2D eigenvalue weighted by atomic mass is 32.2. The normalized spacial score (nSPS) is 20.8. The third-order valence-corrected chi connectivity index (χ3v) is 2.93. The Bertz CT molecular complexity index is 340. The third kappa shape index (κ3) is 4.02. The molecule has 0 aromatic heterocycles. The molecule has 0 fully saturated rings. The van der Waals surface area contributed by atoms with E-state index in [2.05, 4.69) is 6.92 Å². The van der Waals surface area contributed by atoms with E-state index in [0.29, 0.717) is 0 Å². The average Bonchev–Trinajstić information content (AvgIpc) is 2.48. The summed E-state index contributed by atoms with van der Waals surface area (Å²) in [6.45, 7) is 2.95. The zero-order valence-electron chi connectivity index (χ0n) is 10.1. The number of unbranched alkanes of at least 4 members (excludes halogenated alkanes) is 2. The van der Waals surface area contributed by atoms with E-state index < -0.39 is 16.5 Å². The van der Waals surface area contributed by atoms with Gasteiger partial charge in [0.2, 0.25) is 6.35 Å². The Balaban J connectivity index is 2.52. The van der Waals surface area contributed by atoms with Gasteiger partial charge in [-0.25, -0.2) is 4.18 Å². The quantitative estimate of drug-likeness (QED) is 0.521. The first-order valence-electron chi connectivity index (χ1n) is 5.48. The summed E-state index contributed by atoms with van der Waals surface area (Å²) in [7, 11) is -1.63. The van der Waals surface area contributed by atoms with Gasteiger partial charge in [-0.2, -0.15) is 8.42 Å². The molecule has 94 valence electrons. The molecule has 16 heavy (non-hydrogen) atoms. The maximum absolute atomic E-state index is 11.1. The van der Waals surface area contributed by atoms with Crippen LogP contribution in [0, 0.1) is 0 Å². The van der Waals surface area contributed by atoms with Crippen molar-refractivity contribution in [1.29, 1.82) is 0 Å². The van der Waals surface area contributed by atoms with Gasteiger partial charge in [-0.05, 0) is 6.42 Å². The second-order valence-electron chi connectivity index (χ2n) is 4.04. The summed E-state index contributed by atoms with van der Waals surface area (Å²) >= 11 is 0. The Hall–Kier alpha value is -0.750. The Morgan fingerprint density at radius 3 is 2.56 bits per heavy atom. The zero-order chi connectivity index (χ0) is 12.2. The van der Waals surface area contributed by atoms with E-state index in [1.807, 2.05) is 17.3 Å². The van der Waals surface area contributed by atoms with E-state index in [9.17, 15) is 8.42 Å². The Morgan fingerprint density at radius 2 is 2.00 bits per heavy atom. The molecule has 1 atom stereocenters. The van der Waals surface area contributed by atoms with Gasteiger partial charge < -0.3 is 9.80 Å². The van der Waals surface area contributed by atoms with E-state index in [1.165, 1.54) is 0 Å². The number of hydrogen-bond acceptors (Lipinski definition) is 5. The van der Waals surface area contributed by atoms with Crippen molar-refractivity contribution in [2.24, 2.45) is 0 Å². The fraction of sp³-hybridized carbons (Fsp3) is 0.800. The van der Waals surface area contributed by atoms with Crippen LogP contribution in [0.1, 0.15) is 26.2 Å². The highest BCUT2D eigenvalue weighted by Gasteiger charge is 2.27. The fourth-order valence-corrected chi connectivity index (χ4v) is 2.14. The van der Waals surface area contributed by atoms with Gasteiger partial charge in [0, 0.05) is 26.0 Å². The van der Waals surface area contributed by atoms with Crippen molar-refractivity contribution in [3.63, 3.8) is 0 Å². The molecule has 1 unspecified atom stereocenters. The molecule has 6 heteroatoms. The minimum atomic E-state index is -3.43. The van der Waals surface area contributed by atoms with E-state index in [4.69, 9.17) is 4.18 Å². The number of hydrogen-bond donors (Lipinski definition) is 0. The SMILES string of the molecule is CCCCCN1C=CN(C)C1OS(C)(=O)=O. The molecule has 0 spiro atoms. The topological polar surface area (TPSA) is 49.9 Å². The highest BCUT2D eigenvalue weighted by Crippen LogP contribution is 2.17. The molecule has 1 aliphatic rings. The minimum Gasteiger partial charge on any atom is -0.336 e. The van der Waals surface area contributed by atoms with Gasteiger partial charge in [-0.15, -0.1) is 0 Å². The van der Waals surface area contributed by atoms with Gasteiger partial charge in [-0.1, -0.05) is 19.8 Å². The summed E-state index contributed by atoms with van der Waals surface area (Å²) < 4.78 is 27.2. The van der Waals surface area contributed by atoms with Gasteiger partial charge >= 0.3 is 0 Å². The van der Waals surface area contributed by atoms with Crippen molar-refractivity contribution in [1.82, 2.24) is 9.80 Å². The third-order valence-electron chi connectivity index (χ3n) is 2.41. The Kier molecular flexibility index (Phi) is 4.61. The van der Waals surface area contributed by atoms with Crippen LogP contribution in [0.3, 0.4) is 0 Å². The zero-order valence-corrected chi connectivity index (χ0v) is 10.9. The molecule has 0 saturated heterocycles.